The number of methoxy groups -OCH3 is 1. The van der Waals surface area contributed by atoms with Gasteiger partial charge in [-0.25, -0.2) is 0 Å². The van der Waals surface area contributed by atoms with Crippen molar-refractivity contribution in [1.29, 1.82) is 0 Å². The number of hydrogen-bond acceptors (Lipinski definition) is 2. The molecular formula is C8H12ClNO. The number of ether oxygens (including phenoxy) is 1. The quantitative estimate of drug-likeness (QED) is 0.659. The van der Waals surface area contributed by atoms with Gasteiger partial charge in [0.2, 0.25) is 0 Å². The average Bonchev–Trinajstić information content (AvgIpc) is 2.15. The van der Waals surface area contributed by atoms with Gasteiger partial charge in [-0.2, -0.15) is 0 Å². The van der Waals surface area contributed by atoms with Crippen LogP contribution >= 0.6 is 11.6 Å². The van der Waals surface area contributed by atoms with E-state index in [-0.39, 0.29) is 0 Å². The Morgan fingerprint density at radius 2 is 2.27 bits per heavy atom. The molecule has 1 aliphatic carbocycles. The molecule has 2 N–H and O–H groups in total. The summed E-state index contributed by atoms with van der Waals surface area (Å²) in [5.74, 6) is 0.864. The number of halogens is 1. The zero-order valence-corrected chi connectivity index (χ0v) is 7.32. The third-order valence-corrected chi connectivity index (χ3v) is 2.10. The minimum atomic E-state index is 0.705. The molecule has 0 saturated carbocycles. The Labute approximate surface area is 71.7 Å². The van der Waals surface area contributed by atoms with Crippen molar-refractivity contribution >= 4 is 11.6 Å². The molecule has 1 rings (SSSR count). The fraction of sp³-hybridized carbons (Fsp3) is 0.500. The van der Waals surface area contributed by atoms with Gasteiger partial charge in [0.15, 0.2) is 0 Å². The maximum atomic E-state index is 5.91. The molecular weight excluding hydrogens is 162 g/mol. The zero-order valence-electron chi connectivity index (χ0n) is 6.56. The summed E-state index contributed by atoms with van der Waals surface area (Å²) in [6.07, 6.45) is 4.31. The lowest BCUT2D eigenvalue weighted by molar-refractivity contribution is 0.275. The third kappa shape index (κ3) is 2.15. The van der Waals surface area contributed by atoms with E-state index in [4.69, 9.17) is 22.1 Å². The molecule has 0 saturated heterocycles. The van der Waals surface area contributed by atoms with Gasteiger partial charge in [-0.1, -0.05) is 17.7 Å². The number of rotatable bonds is 1. The summed E-state index contributed by atoms with van der Waals surface area (Å²) in [6.45, 7) is 0. The molecule has 0 aromatic rings. The van der Waals surface area contributed by atoms with Crippen LogP contribution < -0.4 is 5.73 Å². The Bertz CT molecular complexity index is 208. The second-order valence-electron chi connectivity index (χ2n) is 2.52. The van der Waals surface area contributed by atoms with Crippen LogP contribution in [0.15, 0.2) is 22.6 Å². The highest BCUT2D eigenvalue weighted by Crippen LogP contribution is 2.24. The highest BCUT2D eigenvalue weighted by Gasteiger charge is 2.08. The summed E-state index contributed by atoms with van der Waals surface area (Å²) in [6, 6.07) is 0. The van der Waals surface area contributed by atoms with Gasteiger partial charge in [0.1, 0.15) is 5.76 Å². The summed E-state index contributed by atoms with van der Waals surface area (Å²) < 4.78 is 5.09. The predicted molar refractivity (Wildman–Crippen MR) is 46.0 cm³/mol. The molecule has 0 radical (unpaired) electrons. The van der Waals surface area contributed by atoms with Gasteiger partial charge in [-0.3, -0.25) is 0 Å². The molecule has 0 unspecified atom stereocenters. The van der Waals surface area contributed by atoms with E-state index >= 15 is 0 Å². The van der Waals surface area contributed by atoms with Gasteiger partial charge in [0.25, 0.3) is 0 Å². The van der Waals surface area contributed by atoms with E-state index in [0.29, 0.717) is 6.42 Å². The fourth-order valence-electron chi connectivity index (χ4n) is 1.04. The van der Waals surface area contributed by atoms with Crippen LogP contribution in [0.2, 0.25) is 0 Å². The maximum Gasteiger partial charge on any atom is 0.111 e. The molecule has 2 nitrogen and oxygen atoms in total. The third-order valence-electron chi connectivity index (χ3n) is 1.73. The highest BCUT2D eigenvalue weighted by molar-refractivity contribution is 6.30. The van der Waals surface area contributed by atoms with Crippen LogP contribution in [0.5, 0.6) is 0 Å². The van der Waals surface area contributed by atoms with Crippen molar-refractivity contribution in [3.05, 3.63) is 22.6 Å². The minimum absolute atomic E-state index is 0.705. The van der Waals surface area contributed by atoms with E-state index in [1.54, 1.807) is 7.11 Å². The van der Waals surface area contributed by atoms with E-state index < -0.39 is 0 Å². The van der Waals surface area contributed by atoms with Crippen LogP contribution in [0.25, 0.3) is 0 Å². The molecule has 0 heterocycles. The van der Waals surface area contributed by atoms with E-state index in [2.05, 4.69) is 0 Å². The predicted octanol–water partition coefficient (Wildman–Crippen LogP) is 2.11. The van der Waals surface area contributed by atoms with Gasteiger partial charge in [0.05, 0.1) is 12.1 Å². The fourth-order valence-corrected chi connectivity index (χ4v) is 1.29. The van der Waals surface area contributed by atoms with Crippen LogP contribution in [-0.2, 0) is 4.74 Å². The topological polar surface area (TPSA) is 35.2 Å². The molecule has 0 fully saturated rings. The molecule has 0 aromatic carbocycles. The molecule has 0 aliphatic heterocycles. The lowest BCUT2D eigenvalue weighted by atomic mass is 10.2. The van der Waals surface area contributed by atoms with Gasteiger partial charge in [-0.05, 0) is 6.42 Å². The van der Waals surface area contributed by atoms with Crippen molar-refractivity contribution in [1.82, 2.24) is 0 Å². The van der Waals surface area contributed by atoms with Gasteiger partial charge in [-0.15, -0.1) is 0 Å². The summed E-state index contributed by atoms with van der Waals surface area (Å²) in [7, 11) is 1.64. The molecule has 11 heavy (non-hydrogen) atoms. The minimum Gasteiger partial charge on any atom is -0.500 e. The van der Waals surface area contributed by atoms with Crippen LogP contribution in [0.4, 0.5) is 0 Å². The van der Waals surface area contributed by atoms with E-state index in [9.17, 15) is 0 Å². The molecule has 3 heteroatoms. The Balaban J connectivity index is 2.70. The van der Waals surface area contributed by atoms with Crippen molar-refractivity contribution < 1.29 is 4.74 Å². The Morgan fingerprint density at radius 1 is 1.55 bits per heavy atom. The normalized spacial score (nSPS) is 19.3. The monoisotopic (exact) mass is 173 g/mol. The lowest BCUT2D eigenvalue weighted by Gasteiger charge is -2.04. The van der Waals surface area contributed by atoms with Gasteiger partial charge >= 0.3 is 0 Å². The molecule has 0 spiro atoms. The largest absolute Gasteiger partial charge is 0.500 e. The molecule has 0 amide bonds. The Hall–Kier alpha value is -0.630. The second kappa shape index (κ2) is 3.67. The smallest absolute Gasteiger partial charge is 0.111 e. The molecule has 1 aliphatic rings. The summed E-state index contributed by atoms with van der Waals surface area (Å²) in [4.78, 5) is 0. The first-order chi connectivity index (χ1) is 5.24. The van der Waals surface area contributed by atoms with E-state index in [0.717, 1.165) is 29.3 Å². The molecule has 62 valence electrons. The van der Waals surface area contributed by atoms with Crippen molar-refractivity contribution in [3.63, 3.8) is 0 Å². The van der Waals surface area contributed by atoms with Gasteiger partial charge < -0.3 is 10.5 Å². The first kappa shape index (κ1) is 8.47. The average molecular weight is 174 g/mol. The highest BCUT2D eigenvalue weighted by atomic mass is 35.5. The SMILES string of the molecule is COC1=C(Cl)CC=C(N)CC1. The standard InChI is InChI=1S/C8H12ClNO/c1-11-8-5-3-6(10)2-4-7(8)9/h2H,3-5,10H2,1H3. The first-order valence-corrected chi connectivity index (χ1v) is 3.98. The van der Waals surface area contributed by atoms with Crippen LogP contribution in [-0.4, -0.2) is 7.11 Å². The molecule has 0 atom stereocenters. The Morgan fingerprint density at radius 3 is 2.91 bits per heavy atom. The van der Waals surface area contributed by atoms with Crippen molar-refractivity contribution in [2.24, 2.45) is 5.73 Å². The number of hydrogen-bond donors (Lipinski definition) is 1. The van der Waals surface area contributed by atoms with Crippen molar-refractivity contribution in [3.8, 4) is 0 Å². The van der Waals surface area contributed by atoms with Crippen LogP contribution in [0.1, 0.15) is 19.3 Å². The molecule has 0 bridgehead atoms. The summed E-state index contributed by atoms with van der Waals surface area (Å²) in [5, 5.41) is 0.771. The van der Waals surface area contributed by atoms with Crippen molar-refractivity contribution in [2.75, 3.05) is 7.11 Å². The Kier molecular flexibility index (Phi) is 2.83. The summed E-state index contributed by atoms with van der Waals surface area (Å²) >= 11 is 5.91. The van der Waals surface area contributed by atoms with E-state index in [1.165, 1.54) is 0 Å². The summed E-state index contributed by atoms with van der Waals surface area (Å²) in [5.41, 5.74) is 6.53. The van der Waals surface area contributed by atoms with Gasteiger partial charge in [0, 0.05) is 18.5 Å². The number of allylic oxidation sites excluding steroid dienone is 4. The van der Waals surface area contributed by atoms with Crippen LogP contribution in [0, 0.1) is 0 Å². The molecule has 0 aromatic heterocycles. The zero-order chi connectivity index (χ0) is 8.27. The van der Waals surface area contributed by atoms with Crippen molar-refractivity contribution in [2.45, 2.75) is 19.3 Å². The van der Waals surface area contributed by atoms with Crippen LogP contribution in [0.3, 0.4) is 0 Å². The second-order valence-corrected chi connectivity index (χ2v) is 2.97. The van der Waals surface area contributed by atoms with E-state index in [1.807, 2.05) is 6.08 Å². The maximum absolute atomic E-state index is 5.91. The number of nitrogens with two attached hydrogens (primary N) is 1. The first-order valence-electron chi connectivity index (χ1n) is 3.60. The lowest BCUT2D eigenvalue weighted by Crippen LogP contribution is -1.96.